The maximum absolute atomic E-state index is 11.3. The zero-order valence-corrected chi connectivity index (χ0v) is 10.8. The van der Waals surface area contributed by atoms with E-state index in [9.17, 15) is 8.42 Å². The van der Waals surface area contributed by atoms with Crippen molar-refractivity contribution in [2.24, 2.45) is 5.92 Å². The van der Waals surface area contributed by atoms with Crippen LogP contribution < -0.4 is 11.1 Å². The fraction of sp³-hybridized carbons (Fsp3) is 0.500. The van der Waals surface area contributed by atoms with Gasteiger partial charge in [-0.2, -0.15) is 0 Å². The minimum absolute atomic E-state index is 0.223. The number of rotatable bonds is 3. The number of nitrogen functional groups attached to an aromatic ring is 1. The summed E-state index contributed by atoms with van der Waals surface area (Å²) < 4.78 is 22.7. The molecular formula is C12H18N2O2S. The largest absolute Gasteiger partial charge is 0.398 e. The maximum atomic E-state index is 11.3. The first-order valence-electron chi connectivity index (χ1n) is 5.77. The van der Waals surface area contributed by atoms with Crippen molar-refractivity contribution in [2.45, 2.75) is 13.3 Å². The second kappa shape index (κ2) is 4.56. The predicted molar refractivity (Wildman–Crippen MR) is 70.8 cm³/mol. The van der Waals surface area contributed by atoms with Crippen LogP contribution in [-0.2, 0) is 9.84 Å². The molecule has 4 nitrogen and oxygen atoms in total. The van der Waals surface area contributed by atoms with Crippen LogP contribution in [0.3, 0.4) is 0 Å². The van der Waals surface area contributed by atoms with Gasteiger partial charge in [-0.05, 0) is 37.0 Å². The van der Waals surface area contributed by atoms with Crippen molar-refractivity contribution in [3.8, 4) is 0 Å². The quantitative estimate of drug-likeness (QED) is 0.800. The van der Waals surface area contributed by atoms with Crippen LogP contribution >= 0.6 is 0 Å². The van der Waals surface area contributed by atoms with Gasteiger partial charge in [0.2, 0.25) is 0 Å². The number of benzene rings is 1. The molecule has 1 fully saturated rings. The van der Waals surface area contributed by atoms with Gasteiger partial charge < -0.3 is 11.1 Å². The van der Waals surface area contributed by atoms with Gasteiger partial charge in [0.05, 0.1) is 11.5 Å². The van der Waals surface area contributed by atoms with E-state index in [0.717, 1.165) is 23.4 Å². The van der Waals surface area contributed by atoms with Gasteiger partial charge in [0.1, 0.15) is 0 Å². The summed E-state index contributed by atoms with van der Waals surface area (Å²) in [7, 11) is -2.78. The SMILES string of the molecule is Cc1c(N)cccc1NCC1CCS(=O)(=O)C1. The lowest BCUT2D eigenvalue weighted by Crippen LogP contribution is -2.16. The molecule has 1 heterocycles. The molecule has 1 aromatic rings. The number of anilines is 2. The molecule has 1 aliphatic heterocycles. The molecule has 1 aliphatic rings. The van der Waals surface area contributed by atoms with Gasteiger partial charge in [-0.25, -0.2) is 8.42 Å². The van der Waals surface area contributed by atoms with E-state index in [2.05, 4.69) is 5.32 Å². The summed E-state index contributed by atoms with van der Waals surface area (Å²) in [6, 6.07) is 5.73. The molecule has 0 aliphatic carbocycles. The van der Waals surface area contributed by atoms with Crippen LogP contribution in [0.1, 0.15) is 12.0 Å². The highest BCUT2D eigenvalue weighted by Crippen LogP contribution is 2.23. The van der Waals surface area contributed by atoms with E-state index < -0.39 is 9.84 Å². The Morgan fingerprint density at radius 3 is 2.88 bits per heavy atom. The van der Waals surface area contributed by atoms with E-state index >= 15 is 0 Å². The van der Waals surface area contributed by atoms with Crippen molar-refractivity contribution in [1.29, 1.82) is 0 Å². The van der Waals surface area contributed by atoms with Gasteiger partial charge in [-0.1, -0.05) is 6.07 Å². The summed E-state index contributed by atoms with van der Waals surface area (Å²) >= 11 is 0. The van der Waals surface area contributed by atoms with Crippen LogP contribution in [0.4, 0.5) is 11.4 Å². The van der Waals surface area contributed by atoms with Gasteiger partial charge in [0.25, 0.3) is 0 Å². The molecule has 94 valence electrons. The summed E-state index contributed by atoms with van der Waals surface area (Å²) in [5.74, 6) is 0.859. The normalized spacial score (nSPS) is 22.5. The van der Waals surface area contributed by atoms with Crippen molar-refractivity contribution >= 4 is 21.2 Å². The molecule has 0 spiro atoms. The molecule has 0 saturated carbocycles. The fourth-order valence-corrected chi connectivity index (χ4v) is 3.99. The number of sulfone groups is 1. The van der Waals surface area contributed by atoms with Crippen molar-refractivity contribution in [2.75, 3.05) is 29.1 Å². The Bertz CT molecular complexity index is 511. The maximum Gasteiger partial charge on any atom is 0.150 e. The van der Waals surface area contributed by atoms with Crippen LogP contribution in [0.15, 0.2) is 18.2 Å². The monoisotopic (exact) mass is 254 g/mol. The van der Waals surface area contributed by atoms with Crippen LogP contribution in [0.25, 0.3) is 0 Å². The zero-order valence-electron chi connectivity index (χ0n) is 9.94. The van der Waals surface area contributed by atoms with Gasteiger partial charge in [0.15, 0.2) is 9.84 Å². The van der Waals surface area contributed by atoms with Gasteiger partial charge in [0, 0.05) is 17.9 Å². The van der Waals surface area contributed by atoms with E-state index in [1.807, 2.05) is 25.1 Å². The van der Waals surface area contributed by atoms with Crippen molar-refractivity contribution in [3.63, 3.8) is 0 Å². The summed E-state index contributed by atoms with van der Waals surface area (Å²) in [5, 5.41) is 3.29. The van der Waals surface area contributed by atoms with Gasteiger partial charge in [-0.3, -0.25) is 0 Å². The average Bonchev–Trinajstić information content (AvgIpc) is 2.61. The van der Waals surface area contributed by atoms with Crippen LogP contribution in [0.2, 0.25) is 0 Å². The first-order valence-corrected chi connectivity index (χ1v) is 7.59. The molecule has 1 aromatic carbocycles. The molecule has 3 N–H and O–H groups in total. The van der Waals surface area contributed by atoms with E-state index in [4.69, 9.17) is 5.73 Å². The Kier molecular flexibility index (Phi) is 3.28. The molecule has 17 heavy (non-hydrogen) atoms. The van der Waals surface area contributed by atoms with Crippen LogP contribution in [-0.4, -0.2) is 26.5 Å². The van der Waals surface area contributed by atoms with Gasteiger partial charge in [-0.15, -0.1) is 0 Å². The summed E-state index contributed by atoms with van der Waals surface area (Å²) in [6.45, 7) is 2.66. The first kappa shape index (κ1) is 12.2. The highest BCUT2D eigenvalue weighted by molar-refractivity contribution is 7.91. The molecule has 0 radical (unpaired) electrons. The number of hydrogen-bond donors (Lipinski definition) is 2. The Morgan fingerprint density at radius 1 is 1.47 bits per heavy atom. The third kappa shape index (κ3) is 2.91. The molecule has 0 aromatic heterocycles. The lowest BCUT2D eigenvalue weighted by Gasteiger charge is -2.14. The Labute approximate surface area is 102 Å². The van der Waals surface area contributed by atoms with Crippen LogP contribution in [0.5, 0.6) is 0 Å². The van der Waals surface area contributed by atoms with E-state index in [0.29, 0.717) is 18.1 Å². The molecule has 0 amide bonds. The molecule has 1 saturated heterocycles. The zero-order chi connectivity index (χ0) is 12.5. The van der Waals surface area contributed by atoms with Crippen molar-refractivity contribution < 1.29 is 8.42 Å². The molecular weight excluding hydrogens is 236 g/mol. The third-order valence-corrected chi connectivity index (χ3v) is 5.12. The Balaban J connectivity index is 1.97. The highest BCUT2D eigenvalue weighted by Gasteiger charge is 2.27. The number of nitrogens with two attached hydrogens (primary N) is 1. The fourth-order valence-electron chi connectivity index (χ4n) is 2.13. The Hall–Kier alpha value is -1.23. The number of hydrogen-bond acceptors (Lipinski definition) is 4. The topological polar surface area (TPSA) is 72.2 Å². The first-order chi connectivity index (χ1) is 7.98. The van der Waals surface area contributed by atoms with E-state index in [1.54, 1.807) is 0 Å². The smallest absolute Gasteiger partial charge is 0.150 e. The number of nitrogens with one attached hydrogen (secondary N) is 1. The lowest BCUT2D eigenvalue weighted by atomic mass is 10.1. The van der Waals surface area contributed by atoms with Crippen molar-refractivity contribution in [3.05, 3.63) is 23.8 Å². The second-order valence-electron chi connectivity index (χ2n) is 4.67. The summed E-state index contributed by atoms with van der Waals surface area (Å²) in [6.07, 6.45) is 0.761. The molecule has 1 unspecified atom stereocenters. The molecule has 1 atom stereocenters. The summed E-state index contributed by atoms with van der Waals surface area (Å²) in [5.41, 5.74) is 8.59. The third-order valence-electron chi connectivity index (χ3n) is 3.28. The van der Waals surface area contributed by atoms with Crippen molar-refractivity contribution in [1.82, 2.24) is 0 Å². The predicted octanol–water partition coefficient (Wildman–Crippen LogP) is 1.42. The molecule has 2 rings (SSSR count). The minimum Gasteiger partial charge on any atom is -0.398 e. The van der Waals surface area contributed by atoms with E-state index in [1.165, 1.54) is 0 Å². The molecule has 0 bridgehead atoms. The summed E-state index contributed by atoms with van der Waals surface area (Å²) in [4.78, 5) is 0. The second-order valence-corrected chi connectivity index (χ2v) is 6.90. The lowest BCUT2D eigenvalue weighted by molar-refractivity contribution is 0.596. The highest BCUT2D eigenvalue weighted by atomic mass is 32.2. The van der Waals surface area contributed by atoms with E-state index in [-0.39, 0.29) is 5.92 Å². The Morgan fingerprint density at radius 2 is 2.24 bits per heavy atom. The minimum atomic E-state index is -2.78. The van der Waals surface area contributed by atoms with Gasteiger partial charge >= 0.3 is 0 Å². The van der Waals surface area contributed by atoms with Crippen LogP contribution in [0, 0.1) is 12.8 Å². The standard InChI is InChI=1S/C12H18N2O2S/c1-9-11(13)3-2-4-12(9)14-7-10-5-6-17(15,16)8-10/h2-4,10,14H,5-8,13H2,1H3. The molecule has 5 heteroatoms. The average molecular weight is 254 g/mol.